The largest absolute Gasteiger partial charge is 0.336 e. The molecule has 0 bridgehead atoms. The predicted octanol–water partition coefficient (Wildman–Crippen LogP) is 5.06. The third-order valence-corrected chi connectivity index (χ3v) is 9.54. The molecular weight excluding hydrogens is 506 g/mol. The fourth-order valence-corrected chi connectivity index (χ4v) is 7.06. The Morgan fingerprint density at radius 2 is 1.30 bits per heavy atom. The molecule has 0 spiro atoms. The van der Waals surface area contributed by atoms with Crippen LogP contribution in [0.25, 0.3) is 0 Å². The van der Waals surface area contributed by atoms with Crippen LogP contribution in [0.4, 0.5) is 0 Å². The van der Waals surface area contributed by atoms with Crippen LogP contribution in [0, 0.1) is 0 Å². The van der Waals surface area contributed by atoms with Crippen molar-refractivity contribution in [2.45, 2.75) is 30.2 Å². The molecule has 37 heavy (non-hydrogen) atoms. The SMILES string of the molecule is O=C(c1cc(S(=O)(=O)N2CCCCC2)ccc1Cl)N1CCN(C(c2ccccc2)c2ccccc2)CC1. The lowest BCUT2D eigenvalue weighted by atomic mass is 9.96. The van der Waals surface area contributed by atoms with Gasteiger partial charge in [0.2, 0.25) is 10.0 Å². The van der Waals surface area contributed by atoms with Gasteiger partial charge in [-0.15, -0.1) is 0 Å². The molecule has 2 fully saturated rings. The summed E-state index contributed by atoms with van der Waals surface area (Å²) >= 11 is 6.42. The fourth-order valence-electron chi connectivity index (χ4n) is 5.32. The van der Waals surface area contributed by atoms with Gasteiger partial charge in [0, 0.05) is 39.3 Å². The fraction of sp³-hybridized carbons (Fsp3) is 0.345. The topological polar surface area (TPSA) is 60.9 Å². The maximum atomic E-state index is 13.5. The summed E-state index contributed by atoms with van der Waals surface area (Å²) in [6.07, 6.45) is 2.75. The molecule has 0 N–H and O–H groups in total. The first-order valence-corrected chi connectivity index (χ1v) is 14.7. The zero-order chi connectivity index (χ0) is 25.8. The Hall–Kier alpha value is -2.71. The van der Waals surface area contributed by atoms with E-state index in [1.54, 1.807) is 4.90 Å². The molecule has 0 aromatic heterocycles. The van der Waals surface area contributed by atoms with Crippen LogP contribution in [-0.2, 0) is 10.0 Å². The summed E-state index contributed by atoms with van der Waals surface area (Å²) in [5.74, 6) is -0.226. The van der Waals surface area contributed by atoms with E-state index in [4.69, 9.17) is 11.6 Å². The van der Waals surface area contributed by atoms with Crippen molar-refractivity contribution in [3.8, 4) is 0 Å². The van der Waals surface area contributed by atoms with Gasteiger partial charge in [-0.25, -0.2) is 8.42 Å². The molecule has 0 unspecified atom stereocenters. The van der Waals surface area contributed by atoms with E-state index in [2.05, 4.69) is 53.4 Å². The smallest absolute Gasteiger partial charge is 0.255 e. The molecule has 5 rings (SSSR count). The maximum Gasteiger partial charge on any atom is 0.255 e. The zero-order valence-corrected chi connectivity index (χ0v) is 22.4. The lowest BCUT2D eigenvalue weighted by molar-refractivity contribution is 0.0597. The predicted molar refractivity (Wildman–Crippen MR) is 146 cm³/mol. The second-order valence-electron chi connectivity index (χ2n) is 9.66. The Morgan fingerprint density at radius 1 is 0.730 bits per heavy atom. The molecule has 0 saturated carbocycles. The molecule has 3 aromatic rings. The van der Waals surface area contributed by atoms with Crippen LogP contribution in [0.3, 0.4) is 0 Å². The second kappa shape index (κ2) is 11.4. The summed E-state index contributed by atoms with van der Waals surface area (Å²) in [7, 11) is -3.65. The third-order valence-electron chi connectivity index (χ3n) is 7.32. The normalized spacial score (nSPS) is 17.7. The van der Waals surface area contributed by atoms with E-state index in [0.29, 0.717) is 39.3 Å². The number of benzene rings is 3. The Balaban J connectivity index is 1.33. The lowest BCUT2D eigenvalue weighted by Gasteiger charge is -2.40. The first-order valence-electron chi connectivity index (χ1n) is 12.9. The monoisotopic (exact) mass is 537 g/mol. The number of piperidine rings is 1. The van der Waals surface area contributed by atoms with Gasteiger partial charge >= 0.3 is 0 Å². The van der Waals surface area contributed by atoms with Crippen molar-refractivity contribution in [2.24, 2.45) is 0 Å². The molecule has 2 saturated heterocycles. The van der Waals surface area contributed by atoms with Crippen molar-refractivity contribution >= 4 is 27.5 Å². The van der Waals surface area contributed by atoms with E-state index in [1.807, 2.05) is 12.1 Å². The molecule has 0 aliphatic carbocycles. The van der Waals surface area contributed by atoms with E-state index in [9.17, 15) is 13.2 Å². The summed E-state index contributed by atoms with van der Waals surface area (Å²) in [5, 5.41) is 0.275. The number of hydrogen-bond donors (Lipinski definition) is 0. The Bertz CT molecular complexity index is 1280. The molecule has 8 heteroatoms. The zero-order valence-electron chi connectivity index (χ0n) is 20.8. The van der Waals surface area contributed by atoms with Crippen LogP contribution in [0.15, 0.2) is 83.8 Å². The number of carbonyl (C=O) groups excluding carboxylic acids is 1. The number of sulfonamides is 1. The van der Waals surface area contributed by atoms with Gasteiger partial charge in [-0.3, -0.25) is 9.69 Å². The Kier molecular flexibility index (Phi) is 7.95. The van der Waals surface area contributed by atoms with Crippen molar-refractivity contribution in [1.29, 1.82) is 0 Å². The average Bonchev–Trinajstić information content (AvgIpc) is 2.95. The minimum absolute atomic E-state index is 0.0984. The number of nitrogens with zero attached hydrogens (tertiary/aromatic N) is 3. The van der Waals surface area contributed by atoms with Crippen LogP contribution in [-0.4, -0.2) is 67.7 Å². The van der Waals surface area contributed by atoms with Crippen molar-refractivity contribution in [2.75, 3.05) is 39.3 Å². The van der Waals surface area contributed by atoms with Crippen LogP contribution >= 0.6 is 11.6 Å². The van der Waals surface area contributed by atoms with Crippen molar-refractivity contribution < 1.29 is 13.2 Å². The standard InChI is InChI=1S/C29H32ClN3O3S/c30-27-15-14-25(37(35,36)33-16-8-3-9-17-33)22-26(27)29(34)32-20-18-31(19-21-32)28(23-10-4-1-5-11-23)24-12-6-2-7-13-24/h1-2,4-7,10-15,22,28H,3,8-9,16-21H2. The molecule has 1 amide bonds. The molecule has 6 nitrogen and oxygen atoms in total. The number of piperazine rings is 1. The van der Waals surface area contributed by atoms with Gasteiger partial charge in [0.25, 0.3) is 5.91 Å². The summed E-state index contributed by atoms with van der Waals surface area (Å²) in [6, 6.07) is 25.4. The molecule has 0 radical (unpaired) electrons. The van der Waals surface area contributed by atoms with Gasteiger partial charge in [-0.1, -0.05) is 78.7 Å². The van der Waals surface area contributed by atoms with Gasteiger partial charge in [0.1, 0.15) is 0 Å². The van der Waals surface area contributed by atoms with E-state index < -0.39 is 10.0 Å². The van der Waals surface area contributed by atoms with Crippen LogP contribution < -0.4 is 0 Å². The second-order valence-corrected chi connectivity index (χ2v) is 12.0. The Morgan fingerprint density at radius 3 is 1.86 bits per heavy atom. The van der Waals surface area contributed by atoms with Crippen molar-refractivity contribution in [3.05, 3.63) is 101 Å². The minimum atomic E-state index is -3.65. The molecule has 3 aromatic carbocycles. The highest BCUT2D eigenvalue weighted by Gasteiger charge is 2.31. The van der Waals surface area contributed by atoms with Gasteiger partial charge in [-0.2, -0.15) is 4.31 Å². The van der Waals surface area contributed by atoms with Crippen LogP contribution in [0.1, 0.15) is 46.8 Å². The first-order chi connectivity index (χ1) is 17.9. The summed E-state index contributed by atoms with van der Waals surface area (Å²) < 4.78 is 27.9. The highest BCUT2D eigenvalue weighted by molar-refractivity contribution is 7.89. The molecule has 2 aliphatic heterocycles. The third kappa shape index (κ3) is 5.60. The number of rotatable bonds is 6. The molecule has 2 aliphatic rings. The van der Waals surface area contributed by atoms with Crippen LogP contribution in [0.5, 0.6) is 0 Å². The summed E-state index contributed by atoms with van der Waals surface area (Å²) in [4.78, 5) is 17.8. The number of amides is 1. The molecular formula is C29H32ClN3O3S. The van der Waals surface area contributed by atoms with E-state index in [0.717, 1.165) is 19.3 Å². The summed E-state index contributed by atoms with van der Waals surface area (Å²) in [5.41, 5.74) is 2.68. The molecule has 2 heterocycles. The highest BCUT2D eigenvalue weighted by Crippen LogP contribution is 2.31. The van der Waals surface area contributed by atoms with Crippen molar-refractivity contribution in [1.82, 2.24) is 14.1 Å². The molecule has 0 atom stereocenters. The van der Waals surface area contributed by atoms with E-state index in [-0.39, 0.29) is 27.4 Å². The van der Waals surface area contributed by atoms with Gasteiger partial charge < -0.3 is 4.90 Å². The lowest BCUT2D eigenvalue weighted by Crippen LogP contribution is -2.50. The average molecular weight is 538 g/mol. The van der Waals surface area contributed by atoms with Gasteiger partial charge in [0.15, 0.2) is 0 Å². The minimum Gasteiger partial charge on any atom is -0.336 e. The maximum absolute atomic E-state index is 13.5. The quantitative estimate of drug-likeness (QED) is 0.441. The van der Waals surface area contributed by atoms with E-state index in [1.165, 1.54) is 33.6 Å². The highest BCUT2D eigenvalue weighted by atomic mass is 35.5. The van der Waals surface area contributed by atoms with Gasteiger partial charge in [0.05, 0.1) is 21.5 Å². The van der Waals surface area contributed by atoms with Gasteiger partial charge in [-0.05, 0) is 42.2 Å². The van der Waals surface area contributed by atoms with E-state index >= 15 is 0 Å². The number of carbonyl (C=O) groups is 1. The van der Waals surface area contributed by atoms with Crippen molar-refractivity contribution in [3.63, 3.8) is 0 Å². The van der Waals surface area contributed by atoms with Crippen LogP contribution in [0.2, 0.25) is 5.02 Å². The Labute approximate surface area is 224 Å². The number of hydrogen-bond acceptors (Lipinski definition) is 4. The number of halogens is 1. The first kappa shape index (κ1) is 25.9. The molecule has 194 valence electrons. The summed E-state index contributed by atoms with van der Waals surface area (Å²) in [6.45, 7) is 3.50.